The Balaban J connectivity index is 1.98. The second-order valence-electron chi connectivity index (χ2n) is 8.38. The third-order valence-corrected chi connectivity index (χ3v) is 7.56. The normalized spacial score (nSPS) is 30.3. The first-order valence-corrected chi connectivity index (χ1v) is 10.7. The van der Waals surface area contributed by atoms with Gasteiger partial charge in [0.15, 0.2) is 11.4 Å². The van der Waals surface area contributed by atoms with Crippen LogP contribution in [0.1, 0.15) is 22.3 Å². The zero-order valence-corrected chi connectivity index (χ0v) is 18.9. The smallest absolute Gasteiger partial charge is 0.255 e. The van der Waals surface area contributed by atoms with Crippen LogP contribution in [0, 0.1) is 15.4 Å². The van der Waals surface area contributed by atoms with Gasteiger partial charge in [-0.1, -0.05) is 0 Å². The van der Waals surface area contributed by atoms with E-state index in [0.717, 1.165) is 3.57 Å². The SMILES string of the molecule is CN(C)C1C(O)=C(C(N)=O)C(=O)[C@@]2(O)C(O)=C3C(=O)c4c(O)ccc(I)c4CC3CC12. The molecule has 9 nitrogen and oxygen atoms in total. The summed E-state index contributed by atoms with van der Waals surface area (Å²) in [5.74, 6) is -6.43. The molecule has 0 saturated heterocycles. The number of hydrogen-bond donors (Lipinski definition) is 5. The highest BCUT2D eigenvalue weighted by Gasteiger charge is 2.63. The van der Waals surface area contributed by atoms with Crippen LogP contribution in [0.15, 0.2) is 34.8 Å². The predicted octanol–water partition coefficient (Wildman–Crippen LogP) is 0.725. The van der Waals surface area contributed by atoms with Gasteiger partial charge in [0.2, 0.25) is 5.78 Å². The van der Waals surface area contributed by atoms with Gasteiger partial charge in [0.1, 0.15) is 22.8 Å². The van der Waals surface area contributed by atoms with E-state index in [1.165, 1.54) is 11.0 Å². The van der Waals surface area contributed by atoms with E-state index in [4.69, 9.17) is 5.73 Å². The number of aliphatic hydroxyl groups excluding tert-OH is 2. The Morgan fingerprint density at radius 1 is 1.23 bits per heavy atom. The number of carbonyl (C=O) groups excluding carboxylic acids is 3. The molecular formula is C21H21IN2O7. The molecule has 0 aromatic heterocycles. The molecule has 0 aliphatic heterocycles. The molecule has 3 unspecified atom stereocenters. The molecule has 6 N–H and O–H groups in total. The highest BCUT2D eigenvalue weighted by Crippen LogP contribution is 2.52. The van der Waals surface area contributed by atoms with E-state index < -0.39 is 58.0 Å². The van der Waals surface area contributed by atoms with Crippen LogP contribution in [-0.2, 0) is 16.0 Å². The summed E-state index contributed by atoms with van der Waals surface area (Å²) >= 11 is 2.06. The van der Waals surface area contributed by atoms with Crippen molar-refractivity contribution in [1.29, 1.82) is 0 Å². The van der Waals surface area contributed by atoms with Crippen LogP contribution in [0.3, 0.4) is 0 Å². The number of benzene rings is 1. The number of phenolic OH excluding ortho intramolecular Hbond substituents is 1. The Hall–Kier alpha value is -2.44. The van der Waals surface area contributed by atoms with Gasteiger partial charge >= 0.3 is 0 Å². The number of amides is 1. The van der Waals surface area contributed by atoms with Crippen LogP contribution >= 0.6 is 22.6 Å². The summed E-state index contributed by atoms with van der Waals surface area (Å²) in [4.78, 5) is 39.8. The van der Waals surface area contributed by atoms with Crippen molar-refractivity contribution >= 4 is 40.1 Å². The van der Waals surface area contributed by atoms with E-state index in [-0.39, 0.29) is 23.3 Å². The van der Waals surface area contributed by atoms with Gasteiger partial charge < -0.3 is 26.2 Å². The molecule has 0 radical (unpaired) electrons. The Kier molecular flexibility index (Phi) is 4.94. The lowest BCUT2D eigenvalue weighted by Crippen LogP contribution is -2.63. The number of aliphatic hydroxyl groups is 3. The average molecular weight is 540 g/mol. The number of ketones is 2. The minimum absolute atomic E-state index is 0.0210. The monoisotopic (exact) mass is 540 g/mol. The molecule has 1 amide bonds. The molecule has 0 spiro atoms. The fourth-order valence-corrected chi connectivity index (χ4v) is 5.88. The first-order valence-electron chi connectivity index (χ1n) is 9.58. The third-order valence-electron chi connectivity index (χ3n) is 6.55. The van der Waals surface area contributed by atoms with Gasteiger partial charge in [0.05, 0.1) is 11.6 Å². The van der Waals surface area contributed by atoms with Crippen LogP contribution in [0.5, 0.6) is 5.75 Å². The molecular weight excluding hydrogens is 519 g/mol. The molecule has 0 fully saturated rings. The first kappa shape index (κ1) is 21.8. The summed E-state index contributed by atoms with van der Waals surface area (Å²) in [5, 5.41) is 43.5. The number of Topliss-reactive ketones (excluding diaryl/α,β-unsaturated/α-hetero) is 2. The van der Waals surface area contributed by atoms with Crippen molar-refractivity contribution in [1.82, 2.24) is 4.90 Å². The molecule has 3 aliphatic rings. The van der Waals surface area contributed by atoms with E-state index in [0.29, 0.717) is 12.0 Å². The maximum absolute atomic E-state index is 13.3. The fourth-order valence-electron chi connectivity index (χ4n) is 5.21. The topological polar surface area (TPSA) is 161 Å². The number of allylic oxidation sites excluding steroid dienone is 1. The number of aromatic hydroxyl groups is 1. The summed E-state index contributed by atoms with van der Waals surface area (Å²) in [7, 11) is 3.18. The molecule has 3 aliphatic carbocycles. The second-order valence-corrected chi connectivity index (χ2v) is 9.55. The Labute approximate surface area is 191 Å². The van der Waals surface area contributed by atoms with Gasteiger partial charge in [-0.15, -0.1) is 0 Å². The van der Waals surface area contributed by atoms with E-state index in [1.54, 1.807) is 20.2 Å². The molecule has 4 atom stereocenters. The summed E-state index contributed by atoms with van der Waals surface area (Å²) < 4.78 is 0.765. The molecule has 0 heterocycles. The Bertz CT molecular complexity index is 1120. The number of halogens is 1. The summed E-state index contributed by atoms with van der Waals surface area (Å²) in [6, 6.07) is 2.06. The van der Waals surface area contributed by atoms with Crippen molar-refractivity contribution in [3.63, 3.8) is 0 Å². The molecule has 0 saturated carbocycles. The second kappa shape index (κ2) is 7.04. The maximum Gasteiger partial charge on any atom is 0.255 e. The zero-order valence-electron chi connectivity index (χ0n) is 16.7. The number of hydrogen-bond acceptors (Lipinski definition) is 8. The average Bonchev–Trinajstić information content (AvgIpc) is 2.67. The van der Waals surface area contributed by atoms with Gasteiger partial charge in [-0.3, -0.25) is 19.3 Å². The number of fused-ring (bicyclic) bond motifs is 3. The van der Waals surface area contributed by atoms with Gasteiger partial charge in [-0.2, -0.15) is 0 Å². The lowest BCUT2D eigenvalue weighted by molar-refractivity contribution is -0.148. The van der Waals surface area contributed by atoms with Crippen LogP contribution in [0.25, 0.3) is 0 Å². The third kappa shape index (κ3) is 2.77. The number of phenols is 1. The van der Waals surface area contributed by atoms with Gasteiger partial charge in [-0.25, -0.2) is 0 Å². The van der Waals surface area contributed by atoms with Crippen LogP contribution in [0.4, 0.5) is 0 Å². The number of nitrogens with two attached hydrogens (primary N) is 1. The summed E-state index contributed by atoms with van der Waals surface area (Å²) in [5.41, 5.74) is 2.36. The molecule has 0 bridgehead atoms. The molecule has 10 heteroatoms. The molecule has 1 aromatic rings. The van der Waals surface area contributed by atoms with Crippen molar-refractivity contribution in [2.24, 2.45) is 17.6 Å². The highest BCUT2D eigenvalue weighted by atomic mass is 127. The minimum Gasteiger partial charge on any atom is -0.510 e. The summed E-state index contributed by atoms with van der Waals surface area (Å²) in [6.45, 7) is 0. The zero-order chi connectivity index (χ0) is 23.0. The maximum atomic E-state index is 13.3. The van der Waals surface area contributed by atoms with Crippen LogP contribution in [-0.4, -0.2) is 68.5 Å². The van der Waals surface area contributed by atoms with Crippen molar-refractivity contribution in [2.75, 3.05) is 14.1 Å². The summed E-state index contributed by atoms with van der Waals surface area (Å²) in [6.07, 6.45) is 0.374. The van der Waals surface area contributed by atoms with E-state index in [9.17, 15) is 34.8 Å². The largest absolute Gasteiger partial charge is 0.510 e. The molecule has 4 rings (SSSR count). The van der Waals surface area contributed by atoms with Crippen LogP contribution in [0.2, 0.25) is 0 Å². The van der Waals surface area contributed by atoms with Crippen molar-refractivity contribution in [2.45, 2.75) is 24.5 Å². The number of primary amides is 1. The minimum atomic E-state index is -2.61. The van der Waals surface area contributed by atoms with E-state index in [1.807, 2.05) is 0 Å². The van der Waals surface area contributed by atoms with E-state index >= 15 is 0 Å². The lowest BCUT2D eigenvalue weighted by Gasteiger charge is -2.50. The number of carbonyl (C=O) groups is 3. The molecule has 164 valence electrons. The Morgan fingerprint density at radius 2 is 1.87 bits per heavy atom. The fraction of sp³-hybridized carbons (Fsp3) is 0.381. The quantitative estimate of drug-likeness (QED) is 0.271. The van der Waals surface area contributed by atoms with Gasteiger partial charge in [-0.05, 0) is 73.1 Å². The number of rotatable bonds is 2. The standard InChI is InChI=1S/C21H21IN2O7/c1-24(2)15-9-6-7-5-8-10(22)3-4-11(25)13(8)16(26)12(7)18(28)21(9,31)19(29)14(17(15)27)20(23)30/h3-4,7,9,15,25,27-28,31H,5-6H2,1-2H3,(H2,23,30)/t7?,9?,15?,21-/m0/s1. The van der Waals surface area contributed by atoms with E-state index in [2.05, 4.69) is 22.6 Å². The molecule has 31 heavy (non-hydrogen) atoms. The predicted molar refractivity (Wildman–Crippen MR) is 116 cm³/mol. The number of nitrogens with zero attached hydrogens (tertiary/aromatic N) is 1. The number of likely N-dealkylation sites (N-methyl/N-ethyl adjacent to an activating group) is 1. The highest BCUT2D eigenvalue weighted by molar-refractivity contribution is 14.1. The first-order chi connectivity index (χ1) is 14.4. The van der Waals surface area contributed by atoms with Gasteiger partial charge in [0.25, 0.3) is 5.91 Å². The lowest BCUT2D eigenvalue weighted by atomic mass is 9.58. The van der Waals surface area contributed by atoms with Crippen molar-refractivity contribution in [3.05, 3.63) is 49.5 Å². The van der Waals surface area contributed by atoms with Crippen LogP contribution < -0.4 is 5.73 Å². The molecule has 1 aromatic carbocycles. The van der Waals surface area contributed by atoms with Gasteiger partial charge in [0, 0.05) is 15.1 Å². The van der Waals surface area contributed by atoms with Crippen molar-refractivity contribution < 1.29 is 34.8 Å². The Morgan fingerprint density at radius 3 is 2.45 bits per heavy atom. The van der Waals surface area contributed by atoms with Crippen molar-refractivity contribution in [3.8, 4) is 5.75 Å².